The predicted molar refractivity (Wildman–Crippen MR) is 61.9 cm³/mol. The molecule has 0 amide bonds. The minimum absolute atomic E-state index is 0.324. The van der Waals surface area contributed by atoms with Gasteiger partial charge in [0.15, 0.2) is 0 Å². The van der Waals surface area contributed by atoms with E-state index < -0.39 is 0 Å². The molecule has 0 radical (unpaired) electrons. The molecule has 0 spiro atoms. The molecule has 3 heterocycles. The molecule has 0 fully saturated rings. The zero-order valence-electron chi connectivity index (χ0n) is 8.42. The number of aliphatic hydroxyl groups is 1. The van der Waals surface area contributed by atoms with E-state index in [1.807, 2.05) is 18.3 Å². The van der Waals surface area contributed by atoms with Crippen LogP contribution in [0.1, 0.15) is 23.6 Å². The third-order valence-corrected chi connectivity index (χ3v) is 3.94. The van der Waals surface area contributed by atoms with E-state index in [4.69, 9.17) is 0 Å². The molecule has 2 unspecified atom stereocenters. The van der Waals surface area contributed by atoms with Gasteiger partial charge in [0.2, 0.25) is 0 Å². The first kappa shape index (κ1) is 9.24. The lowest BCUT2D eigenvalue weighted by Crippen LogP contribution is -1.97. The van der Waals surface area contributed by atoms with Crippen molar-refractivity contribution in [1.82, 2.24) is 9.55 Å². The highest BCUT2D eigenvalue weighted by atomic mass is 32.2. The van der Waals surface area contributed by atoms with Gasteiger partial charge in [0.05, 0.1) is 17.0 Å². The second-order valence-corrected chi connectivity index (χ2v) is 4.83. The first-order valence-electron chi connectivity index (χ1n) is 4.97. The van der Waals surface area contributed by atoms with Crippen molar-refractivity contribution in [2.24, 2.45) is 0 Å². The van der Waals surface area contributed by atoms with Crippen LogP contribution in [0.15, 0.2) is 24.5 Å². The standard InChI is InChI=1S/C11H12N2OS/c1-15-11-5-10(14)9-4-7-6-12-3-2-8(7)13(9)11/h2-4,6,10-11,14H,5H2,1H3. The molecule has 15 heavy (non-hydrogen) atoms. The van der Waals surface area contributed by atoms with Crippen LogP contribution in [0.3, 0.4) is 0 Å². The van der Waals surface area contributed by atoms with Crippen LogP contribution in [-0.2, 0) is 0 Å². The highest BCUT2D eigenvalue weighted by Crippen LogP contribution is 2.43. The predicted octanol–water partition coefficient (Wildman–Crippen LogP) is 2.33. The van der Waals surface area contributed by atoms with Gasteiger partial charge < -0.3 is 9.67 Å². The maximum absolute atomic E-state index is 9.93. The molecule has 0 saturated carbocycles. The Bertz CT molecular complexity index is 508. The normalized spacial score (nSPS) is 24.7. The van der Waals surface area contributed by atoms with E-state index >= 15 is 0 Å². The highest BCUT2D eigenvalue weighted by Gasteiger charge is 2.30. The molecule has 1 aliphatic heterocycles. The van der Waals surface area contributed by atoms with Crippen molar-refractivity contribution in [2.45, 2.75) is 17.9 Å². The molecule has 2 aromatic rings. The van der Waals surface area contributed by atoms with Crippen LogP contribution in [0.4, 0.5) is 0 Å². The average Bonchev–Trinajstić information content (AvgIpc) is 2.77. The molecule has 0 bridgehead atoms. The Balaban J connectivity index is 2.30. The van der Waals surface area contributed by atoms with Crippen molar-refractivity contribution in [3.05, 3.63) is 30.2 Å². The average molecular weight is 220 g/mol. The van der Waals surface area contributed by atoms with Gasteiger partial charge >= 0.3 is 0 Å². The van der Waals surface area contributed by atoms with Crippen LogP contribution in [0.25, 0.3) is 10.9 Å². The van der Waals surface area contributed by atoms with E-state index in [-0.39, 0.29) is 6.10 Å². The minimum atomic E-state index is -0.324. The second kappa shape index (κ2) is 3.25. The molecule has 3 nitrogen and oxygen atoms in total. The molecular formula is C11H12N2OS. The molecule has 2 aromatic heterocycles. The molecule has 0 aromatic carbocycles. The largest absolute Gasteiger partial charge is 0.387 e. The number of nitrogens with zero attached hydrogens (tertiary/aromatic N) is 2. The van der Waals surface area contributed by atoms with Gasteiger partial charge in [-0.3, -0.25) is 4.98 Å². The Kier molecular flexibility index (Phi) is 2.00. The summed E-state index contributed by atoms with van der Waals surface area (Å²) in [7, 11) is 0. The van der Waals surface area contributed by atoms with Crippen molar-refractivity contribution in [3.8, 4) is 0 Å². The van der Waals surface area contributed by atoms with Crippen LogP contribution in [0, 0.1) is 0 Å². The van der Waals surface area contributed by atoms with Gasteiger partial charge in [0, 0.05) is 29.9 Å². The van der Waals surface area contributed by atoms with Gasteiger partial charge in [-0.05, 0) is 18.4 Å². The van der Waals surface area contributed by atoms with Gasteiger partial charge in [-0.2, -0.15) is 0 Å². The van der Waals surface area contributed by atoms with Gasteiger partial charge in [-0.25, -0.2) is 0 Å². The van der Waals surface area contributed by atoms with Gasteiger partial charge in [-0.15, -0.1) is 11.8 Å². The molecular weight excluding hydrogens is 208 g/mol. The summed E-state index contributed by atoms with van der Waals surface area (Å²) in [5, 5.41) is 11.4. The van der Waals surface area contributed by atoms with E-state index in [2.05, 4.69) is 15.8 Å². The summed E-state index contributed by atoms with van der Waals surface area (Å²) in [6.45, 7) is 0. The fraction of sp³-hybridized carbons (Fsp3) is 0.364. The van der Waals surface area contributed by atoms with E-state index in [9.17, 15) is 5.11 Å². The molecule has 78 valence electrons. The quantitative estimate of drug-likeness (QED) is 0.801. The third kappa shape index (κ3) is 1.21. The molecule has 1 aliphatic rings. The molecule has 2 atom stereocenters. The summed E-state index contributed by atoms with van der Waals surface area (Å²) in [5.74, 6) is 0. The van der Waals surface area contributed by atoms with Crippen LogP contribution in [-0.4, -0.2) is 20.9 Å². The summed E-state index contributed by atoms with van der Waals surface area (Å²) in [5.41, 5.74) is 2.20. The van der Waals surface area contributed by atoms with Crippen molar-refractivity contribution in [3.63, 3.8) is 0 Å². The molecule has 0 saturated heterocycles. The van der Waals surface area contributed by atoms with Crippen LogP contribution in [0.2, 0.25) is 0 Å². The number of aromatic nitrogens is 2. The number of aliphatic hydroxyl groups excluding tert-OH is 1. The van der Waals surface area contributed by atoms with Crippen LogP contribution >= 0.6 is 11.8 Å². The fourth-order valence-electron chi connectivity index (χ4n) is 2.29. The van der Waals surface area contributed by atoms with E-state index in [0.29, 0.717) is 5.37 Å². The fourth-order valence-corrected chi connectivity index (χ4v) is 3.12. The summed E-state index contributed by atoms with van der Waals surface area (Å²) < 4.78 is 2.23. The van der Waals surface area contributed by atoms with E-state index in [1.165, 1.54) is 5.52 Å². The highest BCUT2D eigenvalue weighted by molar-refractivity contribution is 7.98. The summed E-state index contributed by atoms with van der Waals surface area (Å²) in [6, 6.07) is 4.06. The Morgan fingerprint density at radius 3 is 3.27 bits per heavy atom. The number of rotatable bonds is 1. The first-order valence-corrected chi connectivity index (χ1v) is 6.26. The lowest BCUT2D eigenvalue weighted by Gasteiger charge is -2.10. The summed E-state index contributed by atoms with van der Waals surface area (Å²) in [4.78, 5) is 4.10. The van der Waals surface area contributed by atoms with E-state index in [0.717, 1.165) is 17.5 Å². The summed E-state index contributed by atoms with van der Waals surface area (Å²) in [6.07, 6.45) is 6.23. The number of pyridine rings is 1. The van der Waals surface area contributed by atoms with Gasteiger partial charge in [0.25, 0.3) is 0 Å². The van der Waals surface area contributed by atoms with Crippen molar-refractivity contribution < 1.29 is 5.11 Å². The minimum Gasteiger partial charge on any atom is -0.387 e. The molecule has 4 heteroatoms. The van der Waals surface area contributed by atoms with Crippen molar-refractivity contribution in [1.29, 1.82) is 0 Å². The Hall–Kier alpha value is -1.00. The van der Waals surface area contributed by atoms with Crippen LogP contribution < -0.4 is 0 Å². The Morgan fingerprint density at radius 1 is 1.60 bits per heavy atom. The number of hydrogen-bond acceptors (Lipinski definition) is 3. The number of hydrogen-bond donors (Lipinski definition) is 1. The van der Waals surface area contributed by atoms with Crippen molar-refractivity contribution >= 4 is 22.7 Å². The van der Waals surface area contributed by atoms with Gasteiger partial charge in [-0.1, -0.05) is 0 Å². The zero-order chi connectivity index (χ0) is 10.4. The smallest absolute Gasteiger partial charge is 0.0968 e. The molecule has 3 rings (SSSR count). The SMILES string of the molecule is CSC1CC(O)c2cc3cnccc3n21. The molecule has 0 aliphatic carbocycles. The van der Waals surface area contributed by atoms with E-state index in [1.54, 1.807) is 18.0 Å². The molecule has 1 N–H and O–H groups in total. The second-order valence-electron chi connectivity index (χ2n) is 3.82. The number of thioether (sulfide) groups is 1. The Morgan fingerprint density at radius 2 is 2.47 bits per heavy atom. The zero-order valence-corrected chi connectivity index (χ0v) is 9.24. The maximum Gasteiger partial charge on any atom is 0.0968 e. The lowest BCUT2D eigenvalue weighted by molar-refractivity contribution is 0.179. The number of fused-ring (bicyclic) bond motifs is 3. The topological polar surface area (TPSA) is 38.1 Å². The van der Waals surface area contributed by atoms with Crippen LogP contribution in [0.5, 0.6) is 0 Å². The lowest BCUT2D eigenvalue weighted by atomic mass is 10.2. The first-order chi connectivity index (χ1) is 7.31. The summed E-state index contributed by atoms with van der Waals surface area (Å²) >= 11 is 1.78. The maximum atomic E-state index is 9.93. The third-order valence-electron chi connectivity index (χ3n) is 3.00. The van der Waals surface area contributed by atoms with Gasteiger partial charge in [0.1, 0.15) is 0 Å². The van der Waals surface area contributed by atoms with Crippen molar-refractivity contribution in [2.75, 3.05) is 6.26 Å². The Labute approximate surface area is 92.1 Å². The monoisotopic (exact) mass is 220 g/mol.